The molecule has 0 spiro atoms. The maximum absolute atomic E-state index is 11.7. The Hall–Kier alpha value is -0.330. The zero-order valence-corrected chi connectivity index (χ0v) is 13.9. The van der Waals surface area contributed by atoms with E-state index in [-0.39, 0.29) is 5.41 Å². The molecule has 0 aromatic carbocycles. The Kier molecular flexibility index (Phi) is 11.3. The minimum atomic E-state index is 0.162. The standard InChI is InChI=1S/C18H36O/c1-5-6-7-8-9-10-11-12-13-14-15-17(19)16-18(2,3)4/h5-16H2,1-4H3. The summed E-state index contributed by atoms with van der Waals surface area (Å²) in [5.74, 6) is 0.451. The highest BCUT2D eigenvalue weighted by Crippen LogP contribution is 2.20. The Balaban J connectivity index is 3.21. The molecule has 0 aliphatic heterocycles. The van der Waals surface area contributed by atoms with Gasteiger partial charge in [0.15, 0.2) is 0 Å². The predicted molar refractivity (Wildman–Crippen MR) is 85.5 cm³/mol. The van der Waals surface area contributed by atoms with Crippen molar-refractivity contribution in [1.82, 2.24) is 0 Å². The van der Waals surface area contributed by atoms with Crippen LogP contribution < -0.4 is 0 Å². The van der Waals surface area contributed by atoms with E-state index in [1.807, 2.05) is 0 Å². The first-order chi connectivity index (χ1) is 8.95. The van der Waals surface area contributed by atoms with Gasteiger partial charge in [-0.1, -0.05) is 85.5 Å². The van der Waals surface area contributed by atoms with Crippen LogP contribution in [0.1, 0.15) is 105 Å². The maximum Gasteiger partial charge on any atom is 0.133 e. The van der Waals surface area contributed by atoms with E-state index >= 15 is 0 Å². The van der Waals surface area contributed by atoms with Gasteiger partial charge in [-0.3, -0.25) is 4.79 Å². The lowest BCUT2D eigenvalue weighted by molar-refractivity contribution is -0.120. The molecule has 0 rings (SSSR count). The third kappa shape index (κ3) is 15.6. The smallest absolute Gasteiger partial charge is 0.133 e. The molecule has 1 nitrogen and oxygen atoms in total. The zero-order valence-electron chi connectivity index (χ0n) is 13.9. The fourth-order valence-corrected chi connectivity index (χ4v) is 2.49. The lowest BCUT2D eigenvalue weighted by atomic mass is 9.88. The van der Waals surface area contributed by atoms with E-state index in [1.54, 1.807) is 0 Å². The van der Waals surface area contributed by atoms with E-state index in [0.717, 1.165) is 19.3 Å². The summed E-state index contributed by atoms with van der Waals surface area (Å²) in [5.41, 5.74) is 0.162. The molecule has 0 radical (unpaired) electrons. The molecule has 114 valence electrons. The number of carbonyl (C=O) groups is 1. The summed E-state index contributed by atoms with van der Waals surface area (Å²) in [6, 6.07) is 0. The molecular weight excluding hydrogens is 232 g/mol. The molecule has 0 aromatic heterocycles. The van der Waals surface area contributed by atoms with Crippen LogP contribution >= 0.6 is 0 Å². The van der Waals surface area contributed by atoms with Crippen LogP contribution in [0.2, 0.25) is 0 Å². The first-order valence-electron chi connectivity index (χ1n) is 8.47. The first kappa shape index (κ1) is 18.7. The Morgan fingerprint density at radius 2 is 1.16 bits per heavy atom. The van der Waals surface area contributed by atoms with E-state index in [9.17, 15) is 4.79 Å². The molecule has 0 fully saturated rings. The molecule has 0 aromatic rings. The van der Waals surface area contributed by atoms with E-state index in [2.05, 4.69) is 27.7 Å². The van der Waals surface area contributed by atoms with Gasteiger partial charge in [-0.25, -0.2) is 0 Å². The molecule has 0 bridgehead atoms. The maximum atomic E-state index is 11.7. The molecule has 0 aliphatic rings. The molecule has 1 heteroatoms. The van der Waals surface area contributed by atoms with E-state index < -0.39 is 0 Å². The van der Waals surface area contributed by atoms with E-state index in [1.165, 1.54) is 57.8 Å². The third-order valence-electron chi connectivity index (χ3n) is 3.54. The molecule has 0 unspecified atom stereocenters. The second kappa shape index (κ2) is 11.5. The molecule has 0 atom stereocenters. The minimum Gasteiger partial charge on any atom is -0.300 e. The molecule has 0 saturated heterocycles. The highest BCUT2D eigenvalue weighted by Gasteiger charge is 2.15. The summed E-state index contributed by atoms with van der Waals surface area (Å²) in [5, 5.41) is 0. The Labute approximate surface area is 121 Å². The van der Waals surface area contributed by atoms with E-state index in [4.69, 9.17) is 0 Å². The fraction of sp³-hybridized carbons (Fsp3) is 0.944. The number of unbranched alkanes of at least 4 members (excludes halogenated alkanes) is 9. The summed E-state index contributed by atoms with van der Waals surface area (Å²) in [6.07, 6.45) is 14.9. The van der Waals surface area contributed by atoms with Gasteiger partial charge in [0.25, 0.3) is 0 Å². The van der Waals surface area contributed by atoms with Crippen molar-refractivity contribution in [3.05, 3.63) is 0 Å². The molecule has 0 heterocycles. The summed E-state index contributed by atoms with van der Waals surface area (Å²) in [7, 11) is 0. The van der Waals surface area contributed by atoms with Crippen LogP contribution in [-0.4, -0.2) is 5.78 Å². The molecule has 0 aliphatic carbocycles. The summed E-state index contributed by atoms with van der Waals surface area (Å²) in [4.78, 5) is 11.7. The van der Waals surface area contributed by atoms with Crippen molar-refractivity contribution in [2.45, 2.75) is 105 Å². The van der Waals surface area contributed by atoms with E-state index in [0.29, 0.717) is 5.78 Å². The molecule has 0 N–H and O–H groups in total. The second-order valence-electron chi connectivity index (χ2n) is 7.21. The van der Waals surface area contributed by atoms with Gasteiger partial charge in [0.05, 0.1) is 0 Å². The van der Waals surface area contributed by atoms with Crippen LogP contribution in [-0.2, 0) is 4.79 Å². The van der Waals surface area contributed by atoms with Crippen LogP contribution in [0.15, 0.2) is 0 Å². The summed E-state index contributed by atoms with van der Waals surface area (Å²) >= 11 is 0. The third-order valence-corrected chi connectivity index (χ3v) is 3.54. The number of rotatable bonds is 12. The average molecular weight is 268 g/mol. The number of Topliss-reactive ketones (excluding diaryl/α,β-unsaturated/α-hetero) is 1. The van der Waals surface area contributed by atoms with Gasteiger partial charge >= 0.3 is 0 Å². The molecular formula is C18H36O. The SMILES string of the molecule is CCCCCCCCCCCCC(=O)CC(C)(C)C. The van der Waals surface area contributed by atoms with Crippen molar-refractivity contribution >= 4 is 5.78 Å². The van der Waals surface area contributed by atoms with Gasteiger partial charge in [0.1, 0.15) is 5.78 Å². The molecule has 19 heavy (non-hydrogen) atoms. The van der Waals surface area contributed by atoms with Gasteiger partial charge in [0.2, 0.25) is 0 Å². The topological polar surface area (TPSA) is 17.1 Å². The Morgan fingerprint density at radius 1 is 0.737 bits per heavy atom. The highest BCUT2D eigenvalue weighted by molar-refractivity contribution is 5.78. The largest absolute Gasteiger partial charge is 0.300 e. The Bertz CT molecular complexity index is 212. The van der Waals surface area contributed by atoms with Crippen molar-refractivity contribution in [2.75, 3.05) is 0 Å². The Morgan fingerprint density at radius 3 is 1.58 bits per heavy atom. The van der Waals surface area contributed by atoms with Crippen molar-refractivity contribution in [2.24, 2.45) is 5.41 Å². The second-order valence-corrected chi connectivity index (χ2v) is 7.21. The summed E-state index contributed by atoms with van der Waals surface area (Å²) in [6.45, 7) is 8.69. The van der Waals surface area contributed by atoms with Gasteiger partial charge in [-0.2, -0.15) is 0 Å². The van der Waals surface area contributed by atoms with Crippen LogP contribution in [0.4, 0.5) is 0 Å². The van der Waals surface area contributed by atoms with Crippen molar-refractivity contribution in [3.63, 3.8) is 0 Å². The lowest BCUT2D eigenvalue weighted by Crippen LogP contribution is -2.12. The number of hydrogen-bond donors (Lipinski definition) is 0. The van der Waals surface area contributed by atoms with Gasteiger partial charge in [-0.15, -0.1) is 0 Å². The average Bonchev–Trinajstić information content (AvgIpc) is 2.29. The minimum absolute atomic E-state index is 0.162. The normalized spacial score (nSPS) is 11.8. The van der Waals surface area contributed by atoms with Crippen LogP contribution in [0.3, 0.4) is 0 Å². The van der Waals surface area contributed by atoms with Gasteiger partial charge in [-0.05, 0) is 11.8 Å². The number of carbonyl (C=O) groups excluding carboxylic acids is 1. The van der Waals surface area contributed by atoms with Crippen molar-refractivity contribution in [1.29, 1.82) is 0 Å². The molecule has 0 amide bonds. The van der Waals surface area contributed by atoms with Crippen LogP contribution in [0.5, 0.6) is 0 Å². The monoisotopic (exact) mass is 268 g/mol. The van der Waals surface area contributed by atoms with Crippen molar-refractivity contribution < 1.29 is 4.79 Å². The quantitative estimate of drug-likeness (QED) is 0.379. The first-order valence-corrected chi connectivity index (χ1v) is 8.47. The lowest BCUT2D eigenvalue weighted by Gasteiger charge is -2.16. The fourth-order valence-electron chi connectivity index (χ4n) is 2.49. The van der Waals surface area contributed by atoms with Crippen LogP contribution in [0.25, 0.3) is 0 Å². The summed E-state index contributed by atoms with van der Waals surface area (Å²) < 4.78 is 0. The zero-order chi connectivity index (χ0) is 14.6. The van der Waals surface area contributed by atoms with Crippen molar-refractivity contribution in [3.8, 4) is 0 Å². The van der Waals surface area contributed by atoms with Gasteiger partial charge in [0, 0.05) is 12.8 Å². The number of ketones is 1. The highest BCUT2D eigenvalue weighted by atomic mass is 16.1. The van der Waals surface area contributed by atoms with Gasteiger partial charge < -0.3 is 0 Å². The number of hydrogen-bond acceptors (Lipinski definition) is 1. The molecule has 0 saturated carbocycles. The predicted octanol–water partition coefficient (Wildman–Crippen LogP) is 6.30. The van der Waals surface area contributed by atoms with Crippen LogP contribution in [0, 0.1) is 5.41 Å².